The highest BCUT2D eigenvalue weighted by Crippen LogP contribution is 2.18. The van der Waals surface area contributed by atoms with Crippen molar-refractivity contribution in [3.8, 4) is 0 Å². The van der Waals surface area contributed by atoms with Crippen LogP contribution in [0.2, 0.25) is 0 Å². The molecule has 7 heteroatoms. The lowest BCUT2D eigenvalue weighted by molar-refractivity contribution is -0.862. The number of ether oxygens (including phenoxy) is 1. The summed E-state index contributed by atoms with van der Waals surface area (Å²) in [6, 6.07) is 8.00. The molecule has 144 valence electrons. The number of nitrogens with zero attached hydrogens (tertiary/aromatic N) is 1. The third-order valence-corrected chi connectivity index (χ3v) is 4.47. The van der Waals surface area contributed by atoms with Gasteiger partial charge in [-0.3, -0.25) is 9.59 Å². The molecule has 1 fully saturated rings. The van der Waals surface area contributed by atoms with Crippen molar-refractivity contribution in [1.82, 2.24) is 5.32 Å². The van der Waals surface area contributed by atoms with Gasteiger partial charge in [0.2, 0.25) is 0 Å². The van der Waals surface area contributed by atoms with Gasteiger partial charge >= 0.3 is 0 Å². The van der Waals surface area contributed by atoms with Crippen LogP contribution in [0.5, 0.6) is 0 Å². The molecule has 1 aliphatic rings. The molecule has 1 unspecified atom stereocenters. The van der Waals surface area contributed by atoms with E-state index < -0.39 is 0 Å². The van der Waals surface area contributed by atoms with Gasteiger partial charge in [-0.1, -0.05) is 6.92 Å². The molecule has 1 saturated heterocycles. The average Bonchev–Trinajstić information content (AvgIpc) is 2.62. The topological polar surface area (TPSA) is 75.1 Å². The minimum atomic E-state index is -0.0991. The van der Waals surface area contributed by atoms with E-state index in [0.717, 1.165) is 49.0 Å². The van der Waals surface area contributed by atoms with E-state index in [1.54, 1.807) is 0 Å². The monoisotopic (exact) mass is 363 g/mol. The van der Waals surface area contributed by atoms with Gasteiger partial charge in [0, 0.05) is 30.5 Å². The van der Waals surface area contributed by atoms with Crippen molar-refractivity contribution in [3.63, 3.8) is 0 Å². The Kier molecular flexibility index (Phi) is 7.87. The number of anilines is 2. The molecule has 0 spiro atoms. The number of carbonyl (C=O) groups excluding carboxylic acids is 2. The fourth-order valence-corrected chi connectivity index (χ4v) is 2.82. The molecule has 1 aromatic rings. The number of hydrogen-bond donors (Lipinski definition) is 3. The lowest BCUT2D eigenvalue weighted by Crippen LogP contribution is -3.11. The van der Waals surface area contributed by atoms with Gasteiger partial charge in [0.05, 0.1) is 20.3 Å². The Morgan fingerprint density at radius 1 is 1.15 bits per heavy atom. The molecule has 0 radical (unpaired) electrons. The maximum atomic E-state index is 12.2. The van der Waals surface area contributed by atoms with E-state index >= 15 is 0 Å². The number of hydrogen-bond acceptors (Lipinski definition) is 4. The summed E-state index contributed by atoms with van der Waals surface area (Å²) in [6.45, 7) is 7.81. The van der Waals surface area contributed by atoms with E-state index in [2.05, 4.69) is 15.5 Å². The smallest absolute Gasteiger partial charge is 0.279 e. The largest absolute Gasteiger partial charge is 0.378 e. The highest BCUT2D eigenvalue weighted by atomic mass is 16.5. The first-order chi connectivity index (χ1) is 12.5. The van der Waals surface area contributed by atoms with Crippen LogP contribution in [0.3, 0.4) is 0 Å². The van der Waals surface area contributed by atoms with Crippen molar-refractivity contribution in [2.45, 2.75) is 26.3 Å². The summed E-state index contributed by atoms with van der Waals surface area (Å²) in [7, 11) is 1.84. The van der Waals surface area contributed by atoms with Crippen LogP contribution in [0, 0.1) is 0 Å². The van der Waals surface area contributed by atoms with Gasteiger partial charge in [0.15, 0.2) is 13.1 Å². The average molecular weight is 363 g/mol. The van der Waals surface area contributed by atoms with E-state index in [1.165, 1.54) is 0 Å². The van der Waals surface area contributed by atoms with Crippen LogP contribution in [0.25, 0.3) is 0 Å². The van der Waals surface area contributed by atoms with Gasteiger partial charge in [-0.05, 0) is 37.6 Å². The Labute approximate surface area is 155 Å². The van der Waals surface area contributed by atoms with Gasteiger partial charge in [-0.15, -0.1) is 0 Å². The van der Waals surface area contributed by atoms with E-state index in [4.69, 9.17) is 4.74 Å². The molecule has 2 amide bonds. The molecule has 0 bridgehead atoms. The molecular formula is C19H31N4O3+. The lowest BCUT2D eigenvalue weighted by atomic mass is 10.2. The summed E-state index contributed by atoms with van der Waals surface area (Å²) in [5.41, 5.74) is 1.90. The van der Waals surface area contributed by atoms with Gasteiger partial charge < -0.3 is 25.2 Å². The number of amides is 2. The third-order valence-electron chi connectivity index (χ3n) is 4.47. The first-order valence-corrected chi connectivity index (χ1v) is 9.31. The lowest BCUT2D eigenvalue weighted by Gasteiger charge is -2.28. The number of carbonyl (C=O) groups is 2. The summed E-state index contributed by atoms with van der Waals surface area (Å²) < 4.78 is 5.36. The van der Waals surface area contributed by atoms with Crippen LogP contribution in [-0.2, 0) is 14.3 Å². The van der Waals surface area contributed by atoms with Crippen molar-refractivity contribution in [1.29, 1.82) is 0 Å². The zero-order valence-electron chi connectivity index (χ0n) is 16.0. The fraction of sp³-hybridized carbons (Fsp3) is 0.579. The normalized spacial score (nSPS) is 16.7. The number of morpholine rings is 1. The standard InChI is InChI=1S/C19H30N4O3/c1-4-15(2)20-18(24)13-22(3)14-19(25)21-16-5-7-17(8-6-16)23-9-11-26-12-10-23/h5-8,15H,4,9-14H2,1-3H3,(H,20,24)(H,21,25)/p+1/t15-/m1/s1. The minimum Gasteiger partial charge on any atom is -0.378 e. The van der Waals surface area contributed by atoms with Crippen molar-refractivity contribution >= 4 is 23.2 Å². The Hall–Kier alpha value is -2.12. The van der Waals surface area contributed by atoms with E-state index in [0.29, 0.717) is 0 Å². The molecule has 2 rings (SSSR count). The Morgan fingerprint density at radius 2 is 1.77 bits per heavy atom. The van der Waals surface area contributed by atoms with E-state index in [9.17, 15) is 9.59 Å². The predicted molar refractivity (Wildman–Crippen MR) is 103 cm³/mol. The predicted octanol–water partition coefficient (Wildman–Crippen LogP) is -0.109. The molecule has 0 saturated carbocycles. The molecule has 7 nitrogen and oxygen atoms in total. The zero-order chi connectivity index (χ0) is 18.9. The molecule has 26 heavy (non-hydrogen) atoms. The maximum Gasteiger partial charge on any atom is 0.279 e. The maximum absolute atomic E-state index is 12.2. The van der Waals surface area contributed by atoms with Crippen molar-refractivity contribution in [2.75, 3.05) is 56.7 Å². The Bertz CT molecular complexity index is 585. The Balaban J connectivity index is 1.77. The van der Waals surface area contributed by atoms with Gasteiger partial charge in [-0.25, -0.2) is 0 Å². The van der Waals surface area contributed by atoms with Crippen LogP contribution in [0.15, 0.2) is 24.3 Å². The van der Waals surface area contributed by atoms with Gasteiger partial charge in [-0.2, -0.15) is 0 Å². The second-order valence-electron chi connectivity index (χ2n) is 6.88. The first kappa shape index (κ1) is 20.2. The molecule has 2 atom stereocenters. The van der Waals surface area contributed by atoms with E-state index in [-0.39, 0.29) is 30.9 Å². The molecule has 0 aliphatic carbocycles. The molecule has 1 heterocycles. The summed E-state index contributed by atoms with van der Waals surface area (Å²) in [5.74, 6) is -0.127. The van der Waals surface area contributed by atoms with Crippen LogP contribution in [-0.4, -0.2) is 64.3 Å². The third kappa shape index (κ3) is 6.65. The molecular weight excluding hydrogens is 332 g/mol. The number of benzene rings is 1. The van der Waals surface area contributed by atoms with Gasteiger partial charge in [0.1, 0.15) is 0 Å². The quantitative estimate of drug-likeness (QED) is 0.603. The minimum absolute atomic E-state index is 0.0282. The summed E-state index contributed by atoms with van der Waals surface area (Å²) in [5, 5.41) is 5.81. The van der Waals surface area contributed by atoms with Crippen LogP contribution < -0.4 is 20.4 Å². The van der Waals surface area contributed by atoms with Crippen molar-refractivity contribution in [2.24, 2.45) is 0 Å². The number of likely N-dealkylation sites (N-methyl/N-ethyl adjacent to an activating group) is 1. The number of nitrogens with one attached hydrogen (secondary N) is 3. The Morgan fingerprint density at radius 3 is 2.38 bits per heavy atom. The number of quaternary nitrogens is 1. The van der Waals surface area contributed by atoms with Gasteiger partial charge in [0.25, 0.3) is 11.8 Å². The van der Waals surface area contributed by atoms with E-state index in [1.807, 2.05) is 45.2 Å². The summed E-state index contributed by atoms with van der Waals surface area (Å²) in [4.78, 5) is 27.2. The molecule has 1 aliphatic heterocycles. The SMILES string of the molecule is CC[C@@H](C)NC(=O)C[NH+](C)CC(=O)Nc1ccc(N2CCOCC2)cc1. The van der Waals surface area contributed by atoms with Crippen LogP contribution >= 0.6 is 0 Å². The highest BCUT2D eigenvalue weighted by molar-refractivity contribution is 5.91. The second-order valence-corrected chi connectivity index (χ2v) is 6.88. The van der Waals surface area contributed by atoms with Crippen molar-refractivity contribution in [3.05, 3.63) is 24.3 Å². The summed E-state index contributed by atoms with van der Waals surface area (Å²) >= 11 is 0. The molecule has 1 aromatic carbocycles. The summed E-state index contributed by atoms with van der Waals surface area (Å²) in [6.07, 6.45) is 0.895. The fourth-order valence-electron chi connectivity index (χ4n) is 2.82. The first-order valence-electron chi connectivity index (χ1n) is 9.31. The van der Waals surface area contributed by atoms with Crippen molar-refractivity contribution < 1.29 is 19.2 Å². The van der Waals surface area contributed by atoms with Crippen LogP contribution in [0.1, 0.15) is 20.3 Å². The van der Waals surface area contributed by atoms with Crippen LogP contribution in [0.4, 0.5) is 11.4 Å². The molecule has 0 aromatic heterocycles. The number of rotatable bonds is 8. The highest BCUT2D eigenvalue weighted by Gasteiger charge is 2.16. The molecule has 3 N–H and O–H groups in total. The zero-order valence-corrected chi connectivity index (χ0v) is 16.0. The second kappa shape index (κ2) is 10.1.